The molecule has 0 spiro atoms. The minimum Gasteiger partial charge on any atom is -0.481 e. The smallest absolute Gasteiger partial charge is 0.317 e. The third-order valence-corrected chi connectivity index (χ3v) is 4.84. The number of nitrogens with zero attached hydrogens (tertiary/aromatic N) is 1. The molecule has 2 N–H and O–H groups in total. The number of carbonyl (C=O) groups is 2. The number of aryl methyl sites for hydroxylation is 2. The van der Waals surface area contributed by atoms with Gasteiger partial charge in [0.05, 0.1) is 12.5 Å². The molecule has 110 valence electrons. The fourth-order valence-corrected chi connectivity index (χ4v) is 3.37. The van der Waals surface area contributed by atoms with E-state index in [4.69, 9.17) is 5.11 Å². The third-order valence-electron chi connectivity index (χ3n) is 3.69. The highest BCUT2D eigenvalue weighted by Crippen LogP contribution is 2.21. The van der Waals surface area contributed by atoms with Crippen LogP contribution in [0, 0.1) is 19.8 Å². The number of hydrogen-bond donors (Lipinski definition) is 2. The number of carbonyl (C=O) groups excluding carboxylic acids is 1. The molecule has 6 heteroatoms. The zero-order valence-corrected chi connectivity index (χ0v) is 12.6. The summed E-state index contributed by atoms with van der Waals surface area (Å²) in [6, 6.07) is 1.91. The van der Waals surface area contributed by atoms with Gasteiger partial charge in [-0.3, -0.25) is 4.79 Å². The molecule has 2 amide bonds. The minimum absolute atomic E-state index is 0.167. The summed E-state index contributed by atoms with van der Waals surface area (Å²) in [6.07, 6.45) is 1.41. The normalized spacial score (nSPS) is 18.9. The van der Waals surface area contributed by atoms with E-state index >= 15 is 0 Å². The molecule has 0 radical (unpaired) electrons. The molecule has 2 rings (SSSR count). The maximum Gasteiger partial charge on any atom is 0.317 e. The van der Waals surface area contributed by atoms with E-state index in [0.29, 0.717) is 26.1 Å². The Kier molecular flexibility index (Phi) is 4.65. The standard InChI is InChI=1S/C14H20N2O3S/c1-9-6-12(20-10(9)2)7-15-14(19)16-5-3-4-11(8-16)13(17)18/h6,11H,3-5,7-8H2,1-2H3,(H,15,19)(H,17,18)/t11-/m0/s1. The molecule has 0 unspecified atom stereocenters. The zero-order chi connectivity index (χ0) is 14.7. The average Bonchev–Trinajstić information content (AvgIpc) is 2.75. The van der Waals surface area contributed by atoms with Gasteiger partial charge >= 0.3 is 12.0 Å². The summed E-state index contributed by atoms with van der Waals surface area (Å²) in [6.45, 7) is 5.57. The van der Waals surface area contributed by atoms with Crippen LogP contribution in [-0.2, 0) is 11.3 Å². The van der Waals surface area contributed by atoms with Crippen molar-refractivity contribution in [1.82, 2.24) is 10.2 Å². The number of piperidine rings is 1. The number of carboxylic acids is 1. The number of rotatable bonds is 3. The summed E-state index contributed by atoms with van der Waals surface area (Å²) in [5.41, 5.74) is 1.24. The van der Waals surface area contributed by atoms with Gasteiger partial charge in [-0.05, 0) is 38.3 Å². The van der Waals surface area contributed by atoms with Crippen LogP contribution in [0.5, 0.6) is 0 Å². The molecule has 0 bridgehead atoms. The first-order chi connectivity index (χ1) is 9.47. The molecule has 5 nitrogen and oxygen atoms in total. The predicted molar refractivity (Wildman–Crippen MR) is 78.0 cm³/mol. The SMILES string of the molecule is Cc1cc(CNC(=O)N2CCC[C@H](C(=O)O)C2)sc1C. The molecule has 1 aliphatic rings. The molecule has 1 atom stereocenters. The number of amides is 2. The van der Waals surface area contributed by atoms with Crippen LogP contribution >= 0.6 is 11.3 Å². The quantitative estimate of drug-likeness (QED) is 0.899. The van der Waals surface area contributed by atoms with E-state index in [1.165, 1.54) is 10.4 Å². The monoisotopic (exact) mass is 296 g/mol. The van der Waals surface area contributed by atoms with Gasteiger partial charge in [-0.25, -0.2) is 4.79 Å². The molecule has 0 saturated carbocycles. The van der Waals surface area contributed by atoms with Crippen molar-refractivity contribution in [1.29, 1.82) is 0 Å². The van der Waals surface area contributed by atoms with Gasteiger partial charge in [0.15, 0.2) is 0 Å². The molecule has 20 heavy (non-hydrogen) atoms. The van der Waals surface area contributed by atoms with Crippen LogP contribution in [0.4, 0.5) is 4.79 Å². The Morgan fingerprint density at radius 3 is 2.85 bits per heavy atom. The highest BCUT2D eigenvalue weighted by Gasteiger charge is 2.27. The molecule has 0 aromatic carbocycles. The van der Waals surface area contributed by atoms with Crippen molar-refractivity contribution in [2.75, 3.05) is 13.1 Å². The predicted octanol–water partition coefficient (Wildman–Crippen LogP) is 2.37. The van der Waals surface area contributed by atoms with Gasteiger partial charge in [0.25, 0.3) is 0 Å². The number of aliphatic carboxylic acids is 1. The van der Waals surface area contributed by atoms with Crippen LogP contribution in [0.2, 0.25) is 0 Å². The summed E-state index contributed by atoms with van der Waals surface area (Å²) in [5.74, 6) is -1.24. The van der Waals surface area contributed by atoms with Crippen LogP contribution < -0.4 is 5.32 Å². The van der Waals surface area contributed by atoms with E-state index in [1.807, 2.05) is 0 Å². The first-order valence-corrected chi connectivity index (χ1v) is 7.60. The second kappa shape index (κ2) is 6.26. The van der Waals surface area contributed by atoms with E-state index in [9.17, 15) is 9.59 Å². The van der Waals surface area contributed by atoms with Crippen LogP contribution in [-0.4, -0.2) is 35.1 Å². The molecule has 1 aromatic rings. The fraction of sp³-hybridized carbons (Fsp3) is 0.571. The lowest BCUT2D eigenvalue weighted by Crippen LogP contribution is -2.46. The maximum atomic E-state index is 12.1. The fourth-order valence-electron chi connectivity index (χ4n) is 2.37. The second-order valence-corrected chi connectivity index (χ2v) is 6.57. The summed E-state index contributed by atoms with van der Waals surface area (Å²) in [4.78, 5) is 27.0. The number of likely N-dealkylation sites (tertiary alicyclic amines) is 1. The van der Waals surface area contributed by atoms with Crippen molar-refractivity contribution in [3.8, 4) is 0 Å². The van der Waals surface area contributed by atoms with E-state index in [-0.39, 0.29) is 6.03 Å². The lowest BCUT2D eigenvalue weighted by Gasteiger charge is -2.30. The van der Waals surface area contributed by atoms with Crippen LogP contribution in [0.25, 0.3) is 0 Å². The molecular formula is C14H20N2O3S. The number of hydrogen-bond acceptors (Lipinski definition) is 3. The minimum atomic E-state index is -0.813. The van der Waals surface area contributed by atoms with Crippen LogP contribution in [0.1, 0.15) is 28.2 Å². The van der Waals surface area contributed by atoms with E-state index in [1.54, 1.807) is 16.2 Å². The Morgan fingerprint density at radius 1 is 1.50 bits per heavy atom. The molecule has 1 aromatic heterocycles. The molecule has 1 saturated heterocycles. The zero-order valence-electron chi connectivity index (χ0n) is 11.8. The van der Waals surface area contributed by atoms with E-state index < -0.39 is 11.9 Å². The van der Waals surface area contributed by atoms with Crippen molar-refractivity contribution in [2.24, 2.45) is 5.92 Å². The van der Waals surface area contributed by atoms with Gasteiger partial charge in [0.2, 0.25) is 0 Å². The summed E-state index contributed by atoms with van der Waals surface area (Å²) < 4.78 is 0. The summed E-state index contributed by atoms with van der Waals surface area (Å²) in [5, 5.41) is 11.9. The van der Waals surface area contributed by atoms with Crippen molar-refractivity contribution in [3.05, 3.63) is 21.4 Å². The van der Waals surface area contributed by atoms with Crippen molar-refractivity contribution < 1.29 is 14.7 Å². The number of urea groups is 1. The average molecular weight is 296 g/mol. The van der Waals surface area contributed by atoms with Gasteiger partial charge < -0.3 is 15.3 Å². The Balaban J connectivity index is 1.86. The van der Waals surface area contributed by atoms with Crippen molar-refractivity contribution in [3.63, 3.8) is 0 Å². The number of nitrogens with one attached hydrogen (secondary N) is 1. The van der Waals surface area contributed by atoms with Gasteiger partial charge in [-0.2, -0.15) is 0 Å². The molecule has 1 aliphatic heterocycles. The molecular weight excluding hydrogens is 276 g/mol. The second-order valence-electron chi connectivity index (χ2n) is 5.23. The van der Waals surface area contributed by atoms with E-state index in [0.717, 1.165) is 11.3 Å². The number of thiophene rings is 1. The Labute approximate surface area is 122 Å². The van der Waals surface area contributed by atoms with Crippen LogP contribution in [0.15, 0.2) is 6.07 Å². The largest absolute Gasteiger partial charge is 0.481 e. The first kappa shape index (κ1) is 14.8. The lowest BCUT2D eigenvalue weighted by atomic mass is 9.99. The highest BCUT2D eigenvalue weighted by atomic mass is 32.1. The van der Waals surface area contributed by atoms with Crippen LogP contribution in [0.3, 0.4) is 0 Å². The van der Waals surface area contributed by atoms with Gasteiger partial charge in [-0.1, -0.05) is 0 Å². The van der Waals surface area contributed by atoms with Gasteiger partial charge in [0, 0.05) is 22.8 Å². The Bertz CT molecular complexity index is 493. The van der Waals surface area contributed by atoms with Crippen molar-refractivity contribution >= 4 is 23.3 Å². The number of carboxylic acid groups (broad SMARTS) is 1. The lowest BCUT2D eigenvalue weighted by molar-refractivity contribution is -0.143. The third kappa shape index (κ3) is 3.50. The summed E-state index contributed by atoms with van der Waals surface area (Å²) >= 11 is 1.68. The molecule has 1 fully saturated rings. The van der Waals surface area contributed by atoms with Crippen molar-refractivity contribution in [2.45, 2.75) is 33.2 Å². The van der Waals surface area contributed by atoms with Gasteiger partial charge in [0.1, 0.15) is 0 Å². The maximum absolute atomic E-state index is 12.1. The summed E-state index contributed by atoms with van der Waals surface area (Å²) in [7, 11) is 0. The molecule has 2 heterocycles. The van der Waals surface area contributed by atoms with Gasteiger partial charge in [-0.15, -0.1) is 11.3 Å². The molecule has 0 aliphatic carbocycles. The Morgan fingerprint density at radius 2 is 2.25 bits per heavy atom. The van der Waals surface area contributed by atoms with E-state index in [2.05, 4.69) is 25.2 Å². The Hall–Kier alpha value is -1.56. The first-order valence-electron chi connectivity index (χ1n) is 6.79. The topological polar surface area (TPSA) is 69.6 Å². The highest BCUT2D eigenvalue weighted by molar-refractivity contribution is 7.12.